The summed E-state index contributed by atoms with van der Waals surface area (Å²) in [6.45, 7) is 2.27. The van der Waals surface area contributed by atoms with E-state index in [1.807, 2.05) is 13.0 Å². The van der Waals surface area contributed by atoms with Crippen LogP contribution >= 0.6 is 0 Å². The molecule has 0 saturated heterocycles. The summed E-state index contributed by atoms with van der Waals surface area (Å²) in [7, 11) is 0. The maximum absolute atomic E-state index is 13.5. The van der Waals surface area contributed by atoms with Crippen LogP contribution in [0, 0.1) is 11.6 Å². The monoisotopic (exact) mass is 264 g/mol. The highest BCUT2D eigenvalue weighted by molar-refractivity contribution is 5.32. The predicted molar refractivity (Wildman–Crippen MR) is 67.9 cm³/mol. The molecule has 5 heteroatoms. The molecule has 0 radical (unpaired) electrons. The third-order valence-electron chi connectivity index (χ3n) is 2.64. The molecule has 0 unspecified atom stereocenters. The summed E-state index contributed by atoms with van der Waals surface area (Å²) >= 11 is 0. The summed E-state index contributed by atoms with van der Waals surface area (Å²) < 4.78 is 31.9. The second-order valence-electron chi connectivity index (χ2n) is 4.02. The molecule has 19 heavy (non-hydrogen) atoms. The Labute approximate surface area is 110 Å². The largest absolute Gasteiger partial charge is 0.436 e. The van der Waals surface area contributed by atoms with Gasteiger partial charge in [-0.1, -0.05) is 13.0 Å². The van der Waals surface area contributed by atoms with E-state index in [0.29, 0.717) is 13.0 Å². The Kier molecular flexibility index (Phi) is 4.06. The Morgan fingerprint density at radius 3 is 2.74 bits per heavy atom. The molecule has 1 heterocycles. The number of hydrogen-bond donors (Lipinski definition) is 1. The molecule has 2 aromatic rings. The Balaban J connectivity index is 2.34. The van der Waals surface area contributed by atoms with Gasteiger partial charge in [0.1, 0.15) is 0 Å². The maximum Gasteiger partial charge on any atom is 0.219 e. The van der Waals surface area contributed by atoms with Gasteiger partial charge in [-0.15, -0.1) is 0 Å². The van der Waals surface area contributed by atoms with Gasteiger partial charge in [0.25, 0.3) is 0 Å². The standard InChI is InChI=1S/C14H14F2N2O/c1-2-10-6-9(8-17)7-13(18-10)19-12-5-3-4-11(15)14(12)16/h3-7H,2,8,17H2,1H3. The second kappa shape index (κ2) is 5.75. The molecule has 3 nitrogen and oxygen atoms in total. The summed E-state index contributed by atoms with van der Waals surface area (Å²) in [6.07, 6.45) is 0.704. The number of hydrogen-bond acceptors (Lipinski definition) is 3. The first-order valence-electron chi connectivity index (χ1n) is 5.95. The molecular formula is C14H14F2N2O. The lowest BCUT2D eigenvalue weighted by molar-refractivity contribution is 0.404. The molecular weight excluding hydrogens is 250 g/mol. The molecule has 1 aromatic heterocycles. The van der Waals surface area contributed by atoms with Gasteiger partial charge in [0, 0.05) is 18.3 Å². The molecule has 0 saturated carbocycles. The summed E-state index contributed by atoms with van der Waals surface area (Å²) in [5.41, 5.74) is 7.19. The Morgan fingerprint density at radius 2 is 2.05 bits per heavy atom. The molecule has 0 spiro atoms. The Hall–Kier alpha value is -2.01. The molecule has 2 rings (SSSR count). The van der Waals surface area contributed by atoms with E-state index < -0.39 is 11.6 Å². The van der Waals surface area contributed by atoms with E-state index in [9.17, 15) is 8.78 Å². The first-order valence-corrected chi connectivity index (χ1v) is 5.95. The maximum atomic E-state index is 13.5. The molecule has 0 bridgehead atoms. The minimum Gasteiger partial charge on any atom is -0.436 e. The number of ether oxygens (including phenoxy) is 1. The van der Waals surface area contributed by atoms with Crippen LogP contribution in [-0.2, 0) is 13.0 Å². The van der Waals surface area contributed by atoms with E-state index >= 15 is 0 Å². The number of rotatable bonds is 4. The fourth-order valence-electron chi connectivity index (χ4n) is 1.65. The highest BCUT2D eigenvalue weighted by Gasteiger charge is 2.11. The van der Waals surface area contributed by atoms with Crippen LogP contribution in [0.25, 0.3) is 0 Å². The van der Waals surface area contributed by atoms with Crippen molar-refractivity contribution in [1.82, 2.24) is 4.98 Å². The molecule has 2 N–H and O–H groups in total. The van der Waals surface area contributed by atoms with Crippen molar-refractivity contribution in [2.75, 3.05) is 0 Å². The van der Waals surface area contributed by atoms with Crippen LogP contribution in [-0.4, -0.2) is 4.98 Å². The minimum absolute atomic E-state index is 0.191. The van der Waals surface area contributed by atoms with Gasteiger partial charge in [-0.2, -0.15) is 4.39 Å². The van der Waals surface area contributed by atoms with Gasteiger partial charge in [-0.3, -0.25) is 0 Å². The molecule has 0 amide bonds. The lowest BCUT2D eigenvalue weighted by atomic mass is 10.2. The van der Waals surface area contributed by atoms with Gasteiger partial charge in [-0.05, 0) is 30.2 Å². The second-order valence-corrected chi connectivity index (χ2v) is 4.02. The fraction of sp³-hybridized carbons (Fsp3) is 0.214. The lowest BCUT2D eigenvalue weighted by Crippen LogP contribution is -2.01. The van der Waals surface area contributed by atoms with Gasteiger partial charge in [0.2, 0.25) is 11.7 Å². The molecule has 0 aliphatic carbocycles. The lowest BCUT2D eigenvalue weighted by Gasteiger charge is -2.09. The number of aryl methyl sites for hydroxylation is 1. The molecule has 0 atom stereocenters. The van der Waals surface area contributed by atoms with Crippen molar-refractivity contribution in [3.63, 3.8) is 0 Å². The van der Waals surface area contributed by atoms with Crippen molar-refractivity contribution >= 4 is 0 Å². The first-order chi connectivity index (χ1) is 9.13. The van der Waals surface area contributed by atoms with Crippen LogP contribution < -0.4 is 10.5 Å². The van der Waals surface area contributed by atoms with Crippen molar-refractivity contribution in [2.45, 2.75) is 19.9 Å². The number of aromatic nitrogens is 1. The van der Waals surface area contributed by atoms with Crippen molar-refractivity contribution in [3.8, 4) is 11.6 Å². The van der Waals surface area contributed by atoms with E-state index in [-0.39, 0.29) is 11.6 Å². The van der Waals surface area contributed by atoms with Gasteiger partial charge in [0.15, 0.2) is 11.6 Å². The SMILES string of the molecule is CCc1cc(CN)cc(Oc2cccc(F)c2F)n1. The van der Waals surface area contributed by atoms with Crippen molar-refractivity contribution in [3.05, 3.63) is 53.2 Å². The van der Waals surface area contributed by atoms with Crippen molar-refractivity contribution in [1.29, 1.82) is 0 Å². The van der Waals surface area contributed by atoms with Crippen LogP contribution in [0.5, 0.6) is 11.6 Å². The summed E-state index contributed by atoms with van der Waals surface area (Å²) in [5, 5.41) is 0. The van der Waals surface area contributed by atoms with Gasteiger partial charge >= 0.3 is 0 Å². The summed E-state index contributed by atoms with van der Waals surface area (Å²) in [6, 6.07) is 7.23. The van der Waals surface area contributed by atoms with Gasteiger partial charge in [0.05, 0.1) is 0 Å². The minimum atomic E-state index is -1.03. The van der Waals surface area contributed by atoms with Gasteiger partial charge < -0.3 is 10.5 Å². The van der Waals surface area contributed by atoms with E-state index in [1.54, 1.807) is 6.07 Å². The normalized spacial score (nSPS) is 10.5. The highest BCUT2D eigenvalue weighted by atomic mass is 19.2. The van der Waals surface area contributed by atoms with E-state index in [4.69, 9.17) is 10.5 Å². The molecule has 0 aliphatic rings. The smallest absolute Gasteiger partial charge is 0.219 e. The summed E-state index contributed by atoms with van der Waals surface area (Å²) in [5.74, 6) is -1.96. The molecule has 0 fully saturated rings. The average Bonchev–Trinajstić information content (AvgIpc) is 2.43. The van der Waals surface area contributed by atoms with Gasteiger partial charge in [-0.25, -0.2) is 9.37 Å². The Bertz CT molecular complexity index is 565. The third-order valence-corrected chi connectivity index (χ3v) is 2.64. The number of nitrogens with zero attached hydrogens (tertiary/aromatic N) is 1. The zero-order valence-corrected chi connectivity index (χ0v) is 10.5. The molecule has 100 valence electrons. The zero-order chi connectivity index (χ0) is 13.8. The number of benzene rings is 1. The quantitative estimate of drug-likeness (QED) is 0.922. The number of nitrogens with two attached hydrogens (primary N) is 1. The van der Waals surface area contributed by atoms with Crippen molar-refractivity contribution < 1.29 is 13.5 Å². The Morgan fingerprint density at radius 1 is 1.26 bits per heavy atom. The van der Waals surface area contributed by atoms with E-state index in [1.165, 1.54) is 12.1 Å². The predicted octanol–water partition coefficient (Wildman–Crippen LogP) is 3.17. The van der Waals surface area contributed by atoms with Crippen LogP contribution in [0.15, 0.2) is 30.3 Å². The van der Waals surface area contributed by atoms with Crippen LogP contribution in [0.3, 0.4) is 0 Å². The van der Waals surface area contributed by atoms with Crippen LogP contribution in [0.1, 0.15) is 18.2 Å². The fourth-order valence-corrected chi connectivity index (χ4v) is 1.65. The van der Waals surface area contributed by atoms with Crippen LogP contribution in [0.2, 0.25) is 0 Å². The van der Waals surface area contributed by atoms with E-state index in [0.717, 1.165) is 17.3 Å². The first kappa shape index (κ1) is 13.4. The van der Waals surface area contributed by atoms with Crippen molar-refractivity contribution in [2.24, 2.45) is 5.73 Å². The molecule has 1 aromatic carbocycles. The average molecular weight is 264 g/mol. The highest BCUT2D eigenvalue weighted by Crippen LogP contribution is 2.25. The third kappa shape index (κ3) is 3.06. The number of pyridine rings is 1. The topological polar surface area (TPSA) is 48.1 Å². The zero-order valence-electron chi connectivity index (χ0n) is 10.5. The molecule has 0 aliphatic heterocycles. The van der Waals surface area contributed by atoms with Crippen LogP contribution in [0.4, 0.5) is 8.78 Å². The summed E-state index contributed by atoms with van der Waals surface area (Å²) in [4.78, 5) is 4.20. The number of halogens is 2. The van der Waals surface area contributed by atoms with E-state index in [2.05, 4.69) is 4.98 Å².